The molecular weight excluding hydrogens is 246 g/mol. The van der Waals surface area contributed by atoms with Crippen LogP contribution in [0, 0.1) is 0 Å². The number of nitrogens with one attached hydrogen (secondary N) is 1. The van der Waals surface area contributed by atoms with Gasteiger partial charge in [0.05, 0.1) is 13.0 Å². The lowest BCUT2D eigenvalue weighted by Gasteiger charge is -2.12. The van der Waals surface area contributed by atoms with Crippen LogP contribution in [0.1, 0.15) is 26.7 Å². The average molecular weight is 261 g/mol. The van der Waals surface area contributed by atoms with Gasteiger partial charge in [0.15, 0.2) is 5.78 Å². The van der Waals surface area contributed by atoms with E-state index in [0.29, 0.717) is 0 Å². The number of hydrogen-bond donors (Lipinski definition) is 2. The molecule has 0 saturated carbocycles. The molecule has 102 valence electrons. The lowest BCUT2D eigenvalue weighted by atomic mass is 10.2. The summed E-state index contributed by atoms with van der Waals surface area (Å²) in [5.41, 5.74) is 0. The lowest BCUT2D eigenvalue weighted by molar-refractivity contribution is -0.162. The Morgan fingerprint density at radius 1 is 1.17 bits per heavy atom. The van der Waals surface area contributed by atoms with Crippen LogP contribution in [-0.4, -0.2) is 41.8 Å². The van der Waals surface area contributed by atoms with Crippen molar-refractivity contribution in [2.75, 3.05) is 6.54 Å². The molecule has 1 atom stereocenters. The lowest BCUT2D eigenvalue weighted by Crippen LogP contribution is -2.33. The average Bonchev–Trinajstić information content (AvgIpc) is 2.22. The number of alkyl carbamates (subject to hydrolysis) is 1. The summed E-state index contributed by atoms with van der Waals surface area (Å²) >= 11 is 0. The highest BCUT2D eigenvalue weighted by molar-refractivity contribution is 5.86. The van der Waals surface area contributed by atoms with Crippen LogP contribution in [0.4, 0.5) is 4.79 Å². The first kappa shape index (κ1) is 15.9. The van der Waals surface area contributed by atoms with Crippen molar-refractivity contribution in [3.63, 3.8) is 0 Å². The van der Waals surface area contributed by atoms with Gasteiger partial charge in [-0.3, -0.25) is 14.4 Å². The van der Waals surface area contributed by atoms with Gasteiger partial charge in [-0.1, -0.05) is 0 Å². The summed E-state index contributed by atoms with van der Waals surface area (Å²) in [6.45, 7) is 2.17. The summed E-state index contributed by atoms with van der Waals surface area (Å²) in [4.78, 5) is 42.9. The van der Waals surface area contributed by atoms with Gasteiger partial charge in [0.2, 0.25) is 6.29 Å². The molecule has 0 aromatic rings. The summed E-state index contributed by atoms with van der Waals surface area (Å²) in [6, 6.07) is 0. The quantitative estimate of drug-likeness (QED) is 0.491. The first-order chi connectivity index (χ1) is 8.31. The zero-order chi connectivity index (χ0) is 14.1. The molecule has 0 saturated heterocycles. The van der Waals surface area contributed by atoms with E-state index in [9.17, 15) is 19.2 Å². The third-order valence-corrected chi connectivity index (χ3v) is 1.65. The minimum atomic E-state index is -1.09. The summed E-state index contributed by atoms with van der Waals surface area (Å²) in [6.07, 6.45) is -2.45. The third kappa shape index (κ3) is 9.13. The summed E-state index contributed by atoms with van der Waals surface area (Å²) in [7, 11) is 0. The molecule has 8 nitrogen and oxygen atoms in total. The molecule has 8 heteroatoms. The number of rotatable bonds is 7. The highest BCUT2D eigenvalue weighted by atomic mass is 16.7. The molecule has 0 fully saturated rings. The highest BCUT2D eigenvalue weighted by Crippen LogP contribution is 1.95. The van der Waals surface area contributed by atoms with E-state index in [1.54, 1.807) is 0 Å². The maximum absolute atomic E-state index is 11.1. The van der Waals surface area contributed by atoms with Gasteiger partial charge in [-0.25, -0.2) is 4.79 Å². The maximum atomic E-state index is 11.1. The topological polar surface area (TPSA) is 119 Å². The van der Waals surface area contributed by atoms with Crippen LogP contribution in [0.15, 0.2) is 0 Å². The zero-order valence-corrected chi connectivity index (χ0v) is 10.1. The Balaban J connectivity index is 3.79. The standard InChI is InChI=1S/C10H15NO7/c1-6(12)17-7(2)18-10(16)11-5-8(13)3-4-9(14)15/h7H,3-5H2,1-2H3,(H,11,16)(H,14,15). The number of ketones is 1. The van der Waals surface area contributed by atoms with Gasteiger partial charge in [0.25, 0.3) is 0 Å². The number of carboxylic acid groups (broad SMARTS) is 1. The Hall–Kier alpha value is -2.12. The molecule has 0 aliphatic carbocycles. The highest BCUT2D eigenvalue weighted by Gasteiger charge is 2.13. The van der Waals surface area contributed by atoms with Gasteiger partial charge in [-0.15, -0.1) is 0 Å². The Kier molecular flexibility index (Phi) is 7.10. The fourth-order valence-corrected chi connectivity index (χ4v) is 0.956. The molecule has 0 aliphatic rings. The number of carboxylic acids is 1. The Morgan fingerprint density at radius 2 is 1.78 bits per heavy atom. The van der Waals surface area contributed by atoms with Crippen molar-refractivity contribution in [2.24, 2.45) is 0 Å². The van der Waals surface area contributed by atoms with Crippen molar-refractivity contribution in [3.8, 4) is 0 Å². The largest absolute Gasteiger partial charge is 0.481 e. The smallest absolute Gasteiger partial charge is 0.410 e. The molecule has 0 aliphatic heterocycles. The van der Waals surface area contributed by atoms with Crippen LogP contribution in [0.25, 0.3) is 0 Å². The van der Waals surface area contributed by atoms with Gasteiger partial charge in [-0.2, -0.15) is 0 Å². The Labute approximate surface area is 103 Å². The van der Waals surface area contributed by atoms with E-state index in [2.05, 4.69) is 14.8 Å². The third-order valence-electron chi connectivity index (χ3n) is 1.65. The minimum absolute atomic E-state index is 0.172. The molecule has 0 heterocycles. The van der Waals surface area contributed by atoms with Crippen molar-refractivity contribution >= 4 is 23.8 Å². The maximum Gasteiger partial charge on any atom is 0.410 e. The molecule has 0 aromatic carbocycles. The number of carbonyl (C=O) groups is 4. The van der Waals surface area contributed by atoms with Crippen LogP contribution >= 0.6 is 0 Å². The number of hydrogen-bond acceptors (Lipinski definition) is 6. The van der Waals surface area contributed by atoms with E-state index in [1.807, 2.05) is 0 Å². The first-order valence-electron chi connectivity index (χ1n) is 5.16. The number of Topliss-reactive ketones (excluding diaryl/α,β-unsaturated/α-hetero) is 1. The molecule has 1 unspecified atom stereocenters. The molecule has 2 N–H and O–H groups in total. The van der Waals surface area contributed by atoms with E-state index < -0.39 is 30.1 Å². The fraction of sp³-hybridized carbons (Fsp3) is 0.600. The molecule has 18 heavy (non-hydrogen) atoms. The summed E-state index contributed by atoms with van der Waals surface area (Å²) < 4.78 is 9.10. The second-order valence-corrected chi connectivity index (χ2v) is 3.37. The van der Waals surface area contributed by atoms with Crippen molar-refractivity contribution in [2.45, 2.75) is 33.0 Å². The number of esters is 1. The number of amides is 1. The van der Waals surface area contributed by atoms with Crippen molar-refractivity contribution in [3.05, 3.63) is 0 Å². The van der Waals surface area contributed by atoms with E-state index in [4.69, 9.17) is 5.11 Å². The molecular formula is C10H15NO7. The first-order valence-corrected chi connectivity index (χ1v) is 5.16. The van der Waals surface area contributed by atoms with Gasteiger partial charge >= 0.3 is 18.0 Å². The van der Waals surface area contributed by atoms with Crippen LogP contribution in [0.5, 0.6) is 0 Å². The normalized spacial score (nSPS) is 11.2. The molecule has 0 aromatic heterocycles. The molecule has 0 bridgehead atoms. The number of carbonyl (C=O) groups excluding carboxylic acids is 3. The van der Waals surface area contributed by atoms with Crippen molar-refractivity contribution in [1.82, 2.24) is 5.32 Å². The van der Waals surface area contributed by atoms with Gasteiger partial charge in [0.1, 0.15) is 0 Å². The molecule has 0 radical (unpaired) electrons. The zero-order valence-electron chi connectivity index (χ0n) is 10.1. The predicted octanol–water partition coefficient (Wildman–Crippen LogP) is 0.0556. The predicted molar refractivity (Wildman–Crippen MR) is 57.6 cm³/mol. The van der Waals surface area contributed by atoms with Crippen LogP contribution < -0.4 is 5.32 Å². The minimum Gasteiger partial charge on any atom is -0.481 e. The summed E-state index contributed by atoms with van der Waals surface area (Å²) in [5, 5.41) is 10.4. The number of aliphatic carboxylic acids is 1. The number of ether oxygens (including phenoxy) is 2. The van der Waals surface area contributed by atoms with Gasteiger partial charge in [0, 0.05) is 20.3 Å². The van der Waals surface area contributed by atoms with Gasteiger partial charge in [-0.05, 0) is 0 Å². The van der Waals surface area contributed by atoms with E-state index in [0.717, 1.165) is 6.92 Å². The van der Waals surface area contributed by atoms with Crippen molar-refractivity contribution in [1.29, 1.82) is 0 Å². The van der Waals surface area contributed by atoms with E-state index in [-0.39, 0.29) is 19.4 Å². The second kappa shape index (κ2) is 8.04. The molecule has 0 spiro atoms. The van der Waals surface area contributed by atoms with Crippen LogP contribution in [-0.2, 0) is 23.9 Å². The summed E-state index contributed by atoms with van der Waals surface area (Å²) in [5.74, 6) is -2.13. The van der Waals surface area contributed by atoms with Crippen LogP contribution in [0.2, 0.25) is 0 Å². The Morgan fingerprint density at radius 3 is 2.28 bits per heavy atom. The fourth-order valence-electron chi connectivity index (χ4n) is 0.956. The Bertz CT molecular complexity index is 339. The van der Waals surface area contributed by atoms with Crippen LogP contribution in [0.3, 0.4) is 0 Å². The molecule has 0 rings (SSSR count). The molecule has 1 amide bonds. The van der Waals surface area contributed by atoms with Gasteiger partial charge < -0.3 is 19.9 Å². The monoisotopic (exact) mass is 261 g/mol. The SMILES string of the molecule is CC(=O)OC(C)OC(=O)NCC(=O)CCC(=O)O. The van der Waals surface area contributed by atoms with Crippen molar-refractivity contribution < 1.29 is 33.8 Å². The van der Waals surface area contributed by atoms with E-state index in [1.165, 1.54) is 6.92 Å². The van der Waals surface area contributed by atoms with E-state index >= 15 is 0 Å². The second-order valence-electron chi connectivity index (χ2n) is 3.37.